The van der Waals surface area contributed by atoms with E-state index in [9.17, 15) is 9.90 Å². The van der Waals surface area contributed by atoms with Gasteiger partial charge in [0, 0.05) is 13.1 Å². The van der Waals surface area contributed by atoms with Crippen LogP contribution in [0.3, 0.4) is 0 Å². The number of nitrogens with zero attached hydrogens (tertiary/aromatic N) is 1. The maximum absolute atomic E-state index is 12.1. The molecule has 1 aliphatic rings. The third-order valence-corrected chi connectivity index (χ3v) is 3.98. The van der Waals surface area contributed by atoms with Crippen molar-refractivity contribution in [2.24, 2.45) is 5.92 Å². The normalized spacial score (nSPS) is 20.4. The fraction of sp³-hybridized carbons (Fsp3) is 0.588. The van der Waals surface area contributed by atoms with Gasteiger partial charge in [0.2, 0.25) is 0 Å². The molecule has 1 aromatic carbocycles. The summed E-state index contributed by atoms with van der Waals surface area (Å²) in [6.45, 7) is 9.25. The minimum Gasteiger partial charge on any atom is -0.508 e. The Hall–Kier alpha value is -1.71. The van der Waals surface area contributed by atoms with Crippen molar-refractivity contribution in [2.45, 2.75) is 45.6 Å². The third kappa shape index (κ3) is 4.13. The molecule has 1 amide bonds. The number of phenols is 1. The predicted molar refractivity (Wildman–Crippen MR) is 82.4 cm³/mol. The lowest BCUT2D eigenvalue weighted by Gasteiger charge is -2.25. The Morgan fingerprint density at radius 2 is 2.14 bits per heavy atom. The van der Waals surface area contributed by atoms with Gasteiger partial charge in [0.25, 0.3) is 0 Å². The van der Waals surface area contributed by atoms with Gasteiger partial charge in [-0.3, -0.25) is 0 Å². The Bertz CT molecular complexity index is 507. The molecule has 4 nitrogen and oxygen atoms in total. The molecule has 0 saturated carbocycles. The molecular formula is C17H25NO3. The van der Waals surface area contributed by atoms with Crippen molar-refractivity contribution in [3.63, 3.8) is 0 Å². The van der Waals surface area contributed by atoms with E-state index in [1.165, 1.54) is 0 Å². The van der Waals surface area contributed by atoms with Gasteiger partial charge in [-0.2, -0.15) is 0 Å². The smallest absolute Gasteiger partial charge is 0.410 e. The van der Waals surface area contributed by atoms with Crippen molar-refractivity contribution in [3.05, 3.63) is 29.8 Å². The van der Waals surface area contributed by atoms with Gasteiger partial charge >= 0.3 is 6.09 Å². The van der Waals surface area contributed by atoms with Gasteiger partial charge in [0.15, 0.2) is 0 Å². The van der Waals surface area contributed by atoms with E-state index in [0.29, 0.717) is 24.1 Å². The van der Waals surface area contributed by atoms with Crippen LogP contribution in [0.15, 0.2) is 24.3 Å². The van der Waals surface area contributed by atoms with E-state index in [-0.39, 0.29) is 6.09 Å². The molecule has 2 rings (SSSR count). The average molecular weight is 291 g/mol. The molecule has 0 aromatic heterocycles. The predicted octanol–water partition coefficient (Wildman–Crippen LogP) is 3.75. The van der Waals surface area contributed by atoms with E-state index in [2.05, 4.69) is 6.92 Å². The second kappa shape index (κ2) is 5.96. The Labute approximate surface area is 126 Å². The highest BCUT2D eigenvalue weighted by molar-refractivity contribution is 5.68. The lowest BCUT2D eigenvalue weighted by atomic mass is 9.87. The molecule has 0 radical (unpaired) electrons. The van der Waals surface area contributed by atoms with Gasteiger partial charge in [-0.25, -0.2) is 4.79 Å². The van der Waals surface area contributed by atoms with Gasteiger partial charge < -0.3 is 14.7 Å². The lowest BCUT2D eigenvalue weighted by molar-refractivity contribution is 0.0286. The molecule has 1 heterocycles. The number of amides is 1. The molecule has 1 N–H and O–H groups in total. The minimum atomic E-state index is -0.452. The standard InChI is InChI=1S/C17H25NO3/c1-12(13-6-5-7-15(19)10-13)14-8-9-18(11-14)16(20)21-17(2,3)4/h5-7,10,12,14,19H,8-9,11H2,1-4H3. The Morgan fingerprint density at radius 3 is 2.76 bits per heavy atom. The Balaban J connectivity index is 1.97. The molecule has 1 saturated heterocycles. The van der Waals surface area contributed by atoms with E-state index in [1.807, 2.05) is 32.9 Å². The van der Waals surface area contributed by atoms with E-state index in [0.717, 1.165) is 18.5 Å². The zero-order valence-electron chi connectivity index (χ0n) is 13.3. The van der Waals surface area contributed by atoms with Crippen molar-refractivity contribution < 1.29 is 14.6 Å². The Morgan fingerprint density at radius 1 is 1.43 bits per heavy atom. The quantitative estimate of drug-likeness (QED) is 0.902. The maximum atomic E-state index is 12.1. The molecular weight excluding hydrogens is 266 g/mol. The topological polar surface area (TPSA) is 49.8 Å². The zero-order valence-corrected chi connectivity index (χ0v) is 13.3. The van der Waals surface area contributed by atoms with Crippen LogP contribution < -0.4 is 0 Å². The molecule has 21 heavy (non-hydrogen) atoms. The first kappa shape index (κ1) is 15.7. The number of phenolic OH excluding ortho intramolecular Hbond substituents is 1. The van der Waals surface area contributed by atoms with Gasteiger partial charge in [0.1, 0.15) is 11.4 Å². The van der Waals surface area contributed by atoms with Crippen molar-refractivity contribution in [3.8, 4) is 5.75 Å². The van der Waals surface area contributed by atoms with E-state index in [4.69, 9.17) is 4.74 Å². The van der Waals surface area contributed by atoms with Gasteiger partial charge in [-0.15, -0.1) is 0 Å². The van der Waals surface area contributed by atoms with Crippen LogP contribution >= 0.6 is 0 Å². The molecule has 4 heteroatoms. The summed E-state index contributed by atoms with van der Waals surface area (Å²) in [6, 6.07) is 7.38. The summed E-state index contributed by atoms with van der Waals surface area (Å²) in [7, 11) is 0. The molecule has 2 unspecified atom stereocenters. The number of rotatable bonds is 2. The third-order valence-electron chi connectivity index (χ3n) is 3.98. The van der Waals surface area contributed by atoms with Crippen LogP contribution in [0.5, 0.6) is 5.75 Å². The summed E-state index contributed by atoms with van der Waals surface area (Å²) in [6.07, 6.45) is 0.740. The number of aromatic hydroxyl groups is 1. The highest BCUT2D eigenvalue weighted by atomic mass is 16.6. The molecule has 0 aliphatic carbocycles. The fourth-order valence-electron chi connectivity index (χ4n) is 2.77. The monoisotopic (exact) mass is 291 g/mol. The van der Waals surface area contributed by atoms with Crippen LogP contribution in [0.2, 0.25) is 0 Å². The van der Waals surface area contributed by atoms with E-state index in [1.54, 1.807) is 17.0 Å². The second-order valence-corrected chi connectivity index (χ2v) is 6.86. The van der Waals surface area contributed by atoms with Gasteiger partial charge in [-0.05, 0) is 56.7 Å². The second-order valence-electron chi connectivity index (χ2n) is 6.86. The first-order valence-electron chi connectivity index (χ1n) is 7.53. The lowest BCUT2D eigenvalue weighted by Crippen LogP contribution is -2.35. The van der Waals surface area contributed by atoms with Crippen LogP contribution in [0.4, 0.5) is 4.79 Å². The summed E-state index contributed by atoms with van der Waals surface area (Å²) in [5.74, 6) is 1.00. The van der Waals surface area contributed by atoms with Crippen LogP contribution in [0, 0.1) is 5.92 Å². The number of hydrogen-bond donors (Lipinski definition) is 1. The maximum Gasteiger partial charge on any atom is 0.410 e. The first-order valence-corrected chi connectivity index (χ1v) is 7.53. The summed E-state index contributed by atoms with van der Waals surface area (Å²) in [5.41, 5.74) is 0.664. The fourth-order valence-corrected chi connectivity index (χ4v) is 2.77. The van der Waals surface area contributed by atoms with Crippen LogP contribution in [0.1, 0.15) is 45.6 Å². The molecule has 1 fully saturated rings. The zero-order chi connectivity index (χ0) is 15.6. The molecule has 0 spiro atoms. The molecule has 0 bridgehead atoms. The largest absolute Gasteiger partial charge is 0.508 e. The van der Waals surface area contributed by atoms with Crippen LogP contribution in [-0.2, 0) is 4.74 Å². The highest BCUT2D eigenvalue weighted by Crippen LogP contribution is 2.33. The van der Waals surface area contributed by atoms with Gasteiger partial charge in [0.05, 0.1) is 0 Å². The number of likely N-dealkylation sites (tertiary alicyclic amines) is 1. The molecule has 1 aromatic rings. The highest BCUT2D eigenvalue weighted by Gasteiger charge is 2.32. The summed E-state index contributed by atoms with van der Waals surface area (Å²) < 4.78 is 5.42. The summed E-state index contributed by atoms with van der Waals surface area (Å²) >= 11 is 0. The van der Waals surface area contributed by atoms with E-state index >= 15 is 0 Å². The van der Waals surface area contributed by atoms with Crippen molar-refractivity contribution in [1.29, 1.82) is 0 Å². The van der Waals surface area contributed by atoms with Gasteiger partial charge in [-0.1, -0.05) is 19.1 Å². The van der Waals surface area contributed by atoms with E-state index < -0.39 is 5.60 Å². The summed E-state index contributed by atoms with van der Waals surface area (Å²) in [4.78, 5) is 13.9. The number of hydrogen-bond acceptors (Lipinski definition) is 3. The molecule has 1 aliphatic heterocycles. The first-order chi connectivity index (χ1) is 9.76. The van der Waals surface area contributed by atoms with Crippen LogP contribution in [-0.4, -0.2) is 34.8 Å². The molecule has 2 atom stereocenters. The SMILES string of the molecule is CC(c1cccc(O)c1)C1CCN(C(=O)OC(C)(C)C)C1. The van der Waals surface area contributed by atoms with Crippen molar-refractivity contribution in [2.75, 3.05) is 13.1 Å². The summed E-state index contributed by atoms with van der Waals surface area (Å²) in [5, 5.41) is 9.59. The molecule has 116 valence electrons. The van der Waals surface area contributed by atoms with Crippen LogP contribution in [0.25, 0.3) is 0 Å². The number of carbonyl (C=O) groups excluding carboxylic acids is 1. The van der Waals surface area contributed by atoms with Crippen molar-refractivity contribution >= 4 is 6.09 Å². The minimum absolute atomic E-state index is 0.229. The number of ether oxygens (including phenoxy) is 1. The Kier molecular flexibility index (Phi) is 4.45. The average Bonchev–Trinajstić information content (AvgIpc) is 2.85. The van der Waals surface area contributed by atoms with Crippen molar-refractivity contribution in [1.82, 2.24) is 4.90 Å². The number of carbonyl (C=O) groups is 1. The number of benzene rings is 1.